The predicted molar refractivity (Wildman–Crippen MR) is 90.3 cm³/mol. The van der Waals surface area contributed by atoms with E-state index in [1.54, 1.807) is 12.7 Å². The lowest BCUT2D eigenvalue weighted by Gasteiger charge is -2.56. The summed E-state index contributed by atoms with van der Waals surface area (Å²) in [6.45, 7) is 0. The lowest BCUT2D eigenvalue weighted by Crippen LogP contribution is -2.49. The largest absolute Gasteiger partial charge is 0.501 e. The number of allylic oxidation sites excluding steroid dienone is 2. The van der Waals surface area contributed by atoms with Gasteiger partial charge in [-0.25, -0.2) is 0 Å². The molecule has 4 heteroatoms. The Morgan fingerprint density at radius 1 is 1.04 bits per heavy atom. The summed E-state index contributed by atoms with van der Waals surface area (Å²) in [4.78, 5) is 0.0556. The fourth-order valence-electron chi connectivity index (χ4n) is 6.26. The molecule has 1 N–H and O–H groups in total. The van der Waals surface area contributed by atoms with Gasteiger partial charge in [-0.3, -0.25) is 0 Å². The van der Waals surface area contributed by atoms with Crippen LogP contribution in [0.3, 0.4) is 0 Å². The first-order chi connectivity index (χ1) is 11.0. The maximum absolute atomic E-state index is 10.2. The van der Waals surface area contributed by atoms with Crippen molar-refractivity contribution >= 4 is 11.6 Å². The van der Waals surface area contributed by atoms with Gasteiger partial charge in [0.1, 0.15) is 0 Å². The van der Waals surface area contributed by atoms with Crippen LogP contribution in [-0.4, -0.2) is 36.4 Å². The second-order valence-electron chi connectivity index (χ2n) is 8.43. The molecule has 23 heavy (non-hydrogen) atoms. The van der Waals surface area contributed by atoms with Crippen LogP contribution in [0.4, 0.5) is 0 Å². The lowest BCUT2D eigenvalue weighted by atomic mass is 9.53. The molecular formula is C19H29ClO3. The molecule has 5 unspecified atom stereocenters. The van der Waals surface area contributed by atoms with Crippen LogP contribution < -0.4 is 0 Å². The standard InChI is InChI=1S/C19H29ClO3/c1-22-16-6-12(5-15(21)7-16)18(23-2)17-13-3-11-4-14(17)10-19(20,8-11)9-13/h11-16,21H,3-10H2,1-2H3. The minimum Gasteiger partial charge on any atom is -0.501 e. The SMILES string of the molecule is COC(=C1C2CC3CC1CC(Cl)(C3)C2)C1CC(O)CC(OC)C1. The fraction of sp³-hybridized carbons (Fsp3) is 0.895. The fourth-order valence-corrected chi connectivity index (χ4v) is 6.85. The minimum atomic E-state index is -0.277. The van der Waals surface area contributed by atoms with Gasteiger partial charge in [0.25, 0.3) is 0 Å². The number of ether oxygens (including phenoxy) is 2. The molecule has 0 aromatic carbocycles. The van der Waals surface area contributed by atoms with Gasteiger partial charge in [-0.2, -0.15) is 0 Å². The van der Waals surface area contributed by atoms with Crippen LogP contribution in [-0.2, 0) is 9.47 Å². The van der Waals surface area contributed by atoms with Gasteiger partial charge in [-0.05, 0) is 74.7 Å². The number of aliphatic hydroxyl groups is 1. The highest BCUT2D eigenvalue weighted by molar-refractivity contribution is 6.24. The number of halogens is 1. The second-order valence-corrected chi connectivity index (χ2v) is 9.24. The summed E-state index contributed by atoms with van der Waals surface area (Å²) >= 11 is 6.88. The Bertz CT molecular complexity index is 485. The first-order valence-electron chi connectivity index (χ1n) is 9.19. The summed E-state index contributed by atoms with van der Waals surface area (Å²) in [5.41, 5.74) is 1.55. The average molecular weight is 341 g/mol. The average Bonchev–Trinajstić information content (AvgIpc) is 2.48. The third-order valence-electron chi connectivity index (χ3n) is 6.84. The molecular weight excluding hydrogens is 312 g/mol. The van der Waals surface area contributed by atoms with E-state index in [0.29, 0.717) is 17.8 Å². The molecule has 0 heterocycles. The monoisotopic (exact) mass is 340 g/mol. The normalized spacial score (nSPS) is 48.6. The van der Waals surface area contributed by atoms with Gasteiger partial charge in [0.05, 0.1) is 25.1 Å². The van der Waals surface area contributed by atoms with Crippen molar-refractivity contribution in [2.24, 2.45) is 23.7 Å². The highest BCUT2D eigenvalue weighted by atomic mass is 35.5. The van der Waals surface area contributed by atoms with E-state index in [2.05, 4.69) is 0 Å². The summed E-state index contributed by atoms with van der Waals surface area (Å²) in [6.07, 6.45) is 8.41. The van der Waals surface area contributed by atoms with Gasteiger partial charge < -0.3 is 14.6 Å². The molecule has 5 fully saturated rings. The quantitative estimate of drug-likeness (QED) is 0.626. The van der Waals surface area contributed by atoms with E-state index in [0.717, 1.165) is 38.0 Å². The van der Waals surface area contributed by atoms with Gasteiger partial charge in [-0.15, -0.1) is 11.6 Å². The molecule has 3 nitrogen and oxygen atoms in total. The summed E-state index contributed by atoms with van der Waals surface area (Å²) in [5.74, 6) is 3.49. The molecule has 0 radical (unpaired) electrons. The molecule has 0 amide bonds. The molecule has 130 valence electrons. The van der Waals surface area contributed by atoms with Crippen molar-refractivity contribution in [3.05, 3.63) is 11.3 Å². The zero-order valence-corrected chi connectivity index (χ0v) is 15.0. The Labute approximate surface area is 144 Å². The van der Waals surface area contributed by atoms with Crippen LogP contribution in [0.15, 0.2) is 11.3 Å². The van der Waals surface area contributed by atoms with Crippen molar-refractivity contribution in [3.63, 3.8) is 0 Å². The van der Waals surface area contributed by atoms with Gasteiger partial charge >= 0.3 is 0 Å². The molecule has 0 aromatic rings. The summed E-state index contributed by atoms with van der Waals surface area (Å²) < 4.78 is 11.5. The van der Waals surface area contributed by atoms with E-state index >= 15 is 0 Å². The maximum Gasteiger partial charge on any atom is 0.0985 e. The van der Waals surface area contributed by atoms with Crippen LogP contribution in [0.25, 0.3) is 0 Å². The molecule has 4 bridgehead atoms. The van der Waals surface area contributed by atoms with Gasteiger partial charge in [0, 0.05) is 17.9 Å². The van der Waals surface area contributed by atoms with E-state index in [9.17, 15) is 5.11 Å². The Morgan fingerprint density at radius 2 is 1.74 bits per heavy atom. The molecule has 5 aliphatic rings. The Balaban J connectivity index is 1.64. The van der Waals surface area contributed by atoms with E-state index in [-0.39, 0.29) is 17.1 Å². The second kappa shape index (κ2) is 5.93. The molecule has 5 aliphatic carbocycles. The Morgan fingerprint density at radius 3 is 2.30 bits per heavy atom. The Hall–Kier alpha value is -0.250. The minimum absolute atomic E-state index is 0.0556. The van der Waals surface area contributed by atoms with Gasteiger partial charge in [0.2, 0.25) is 0 Å². The van der Waals surface area contributed by atoms with E-state index in [4.69, 9.17) is 21.1 Å². The third-order valence-corrected chi connectivity index (χ3v) is 7.30. The molecule has 0 aromatic heterocycles. The summed E-state index contributed by atoms with van der Waals surface area (Å²) in [5, 5.41) is 10.2. The zero-order chi connectivity index (χ0) is 16.2. The number of methoxy groups -OCH3 is 2. The molecule has 5 atom stereocenters. The van der Waals surface area contributed by atoms with Crippen LogP contribution in [0.5, 0.6) is 0 Å². The van der Waals surface area contributed by atoms with Crippen molar-refractivity contribution < 1.29 is 14.6 Å². The highest BCUT2D eigenvalue weighted by Crippen LogP contribution is 2.61. The molecule has 5 saturated carbocycles. The number of hydrogen-bond acceptors (Lipinski definition) is 3. The molecule has 0 saturated heterocycles. The Kier molecular flexibility index (Phi) is 4.18. The number of rotatable bonds is 3. The van der Waals surface area contributed by atoms with Crippen molar-refractivity contribution in [1.82, 2.24) is 0 Å². The maximum atomic E-state index is 10.2. The topological polar surface area (TPSA) is 38.7 Å². The molecule has 0 spiro atoms. The summed E-state index contributed by atoms with van der Waals surface area (Å²) in [6, 6.07) is 0. The van der Waals surface area contributed by atoms with E-state index in [1.165, 1.54) is 25.0 Å². The van der Waals surface area contributed by atoms with Crippen molar-refractivity contribution in [1.29, 1.82) is 0 Å². The predicted octanol–water partition coefficient (Wildman–Crippen LogP) is 3.88. The van der Waals surface area contributed by atoms with Crippen LogP contribution >= 0.6 is 11.6 Å². The zero-order valence-electron chi connectivity index (χ0n) is 14.3. The van der Waals surface area contributed by atoms with Gasteiger partial charge in [0.15, 0.2) is 0 Å². The van der Waals surface area contributed by atoms with Crippen LogP contribution in [0.2, 0.25) is 0 Å². The third kappa shape index (κ3) is 2.83. The lowest BCUT2D eigenvalue weighted by molar-refractivity contribution is -0.0160. The van der Waals surface area contributed by atoms with Crippen molar-refractivity contribution in [3.8, 4) is 0 Å². The van der Waals surface area contributed by atoms with E-state index in [1.807, 2.05) is 7.11 Å². The van der Waals surface area contributed by atoms with Gasteiger partial charge in [-0.1, -0.05) is 0 Å². The smallest absolute Gasteiger partial charge is 0.0985 e. The first-order valence-corrected chi connectivity index (χ1v) is 9.57. The highest BCUT2D eigenvalue weighted by Gasteiger charge is 2.54. The number of aliphatic hydroxyl groups excluding tert-OH is 1. The number of alkyl halides is 1. The molecule has 0 aliphatic heterocycles. The van der Waals surface area contributed by atoms with Crippen molar-refractivity contribution in [2.75, 3.05) is 14.2 Å². The number of hydrogen-bond donors (Lipinski definition) is 1. The summed E-state index contributed by atoms with van der Waals surface area (Å²) in [7, 11) is 3.56. The molecule has 5 rings (SSSR count). The van der Waals surface area contributed by atoms with Crippen molar-refractivity contribution in [2.45, 2.75) is 68.4 Å². The van der Waals surface area contributed by atoms with Crippen LogP contribution in [0.1, 0.15) is 51.4 Å². The first kappa shape index (κ1) is 16.2. The van der Waals surface area contributed by atoms with E-state index < -0.39 is 0 Å². The van der Waals surface area contributed by atoms with Crippen LogP contribution in [0, 0.1) is 23.7 Å².